The van der Waals surface area contributed by atoms with E-state index < -0.39 is 12.0 Å². The molecule has 4 rings (SSSR count). The normalized spacial score (nSPS) is 18.8. The molecule has 2 fully saturated rings. The highest BCUT2D eigenvalue weighted by atomic mass is 32.2. The van der Waals surface area contributed by atoms with Crippen LogP contribution in [0.2, 0.25) is 0 Å². The highest BCUT2D eigenvalue weighted by Gasteiger charge is 2.35. The molecular formula is C30H42N4O4S. The summed E-state index contributed by atoms with van der Waals surface area (Å²) in [4.78, 5) is 43.3. The summed E-state index contributed by atoms with van der Waals surface area (Å²) in [5.74, 6) is 0.457. The third kappa shape index (κ3) is 7.96. The molecule has 0 bridgehead atoms. The highest BCUT2D eigenvalue weighted by Crippen LogP contribution is 2.26. The maximum Gasteiger partial charge on any atom is 0.328 e. The van der Waals surface area contributed by atoms with Crippen LogP contribution in [0.4, 0.5) is 0 Å². The molecule has 2 aromatic carbocycles. The van der Waals surface area contributed by atoms with Crippen LogP contribution < -0.4 is 10.6 Å². The first-order valence-corrected chi connectivity index (χ1v) is 15.5. The van der Waals surface area contributed by atoms with E-state index in [1.165, 1.54) is 7.11 Å². The van der Waals surface area contributed by atoms with Gasteiger partial charge in [-0.3, -0.25) is 14.5 Å². The number of hydrogen-bond donors (Lipinski definition) is 2. The molecule has 0 radical (unpaired) electrons. The monoisotopic (exact) mass is 554 g/mol. The van der Waals surface area contributed by atoms with Gasteiger partial charge in [-0.2, -0.15) is 11.8 Å². The number of thioether (sulfide) groups is 1. The van der Waals surface area contributed by atoms with Crippen molar-refractivity contribution >= 4 is 40.3 Å². The second-order valence-corrected chi connectivity index (χ2v) is 11.6. The molecule has 2 aliphatic rings. The van der Waals surface area contributed by atoms with Crippen molar-refractivity contribution in [3.8, 4) is 0 Å². The minimum atomic E-state index is -0.668. The van der Waals surface area contributed by atoms with Crippen molar-refractivity contribution in [2.24, 2.45) is 5.92 Å². The van der Waals surface area contributed by atoms with Crippen molar-refractivity contribution in [3.63, 3.8) is 0 Å². The number of fused-ring (bicyclic) bond motifs is 1. The van der Waals surface area contributed by atoms with Gasteiger partial charge in [0, 0.05) is 31.6 Å². The second-order valence-electron chi connectivity index (χ2n) is 10.6. The third-order valence-electron chi connectivity index (χ3n) is 7.89. The minimum absolute atomic E-state index is 0.0723. The van der Waals surface area contributed by atoms with E-state index in [0.717, 1.165) is 67.4 Å². The molecule has 0 aliphatic carbocycles. The van der Waals surface area contributed by atoms with E-state index in [1.54, 1.807) is 11.8 Å². The predicted octanol–water partition coefficient (Wildman–Crippen LogP) is 3.04. The fourth-order valence-electron chi connectivity index (χ4n) is 5.84. The number of benzene rings is 2. The SMILES string of the molecule is COC(=O)C(CCSC)NC(=O)CN(Cc1cccc2ccccc12)C[C@@H]1CCCN1C(=O)C1CCNCC1. The standard InChI is InChI=1S/C30H42N4O4S/c1-38-30(37)27(14-18-39-2)32-28(35)21-33(19-24-9-5-8-22-7-3-4-11-26(22)24)20-25-10-6-17-34(25)29(36)23-12-15-31-16-13-23/h3-5,7-9,11,23,25,27,31H,6,10,12-21H2,1-2H3,(H,32,35)/t25-,27?/m0/s1. The molecule has 2 atom stereocenters. The Labute approximate surface area is 236 Å². The summed E-state index contributed by atoms with van der Waals surface area (Å²) >= 11 is 1.63. The Morgan fingerprint density at radius 2 is 1.90 bits per heavy atom. The Morgan fingerprint density at radius 1 is 1.13 bits per heavy atom. The fourth-order valence-corrected chi connectivity index (χ4v) is 6.31. The summed E-state index contributed by atoms with van der Waals surface area (Å²) in [6.45, 7) is 3.89. The molecule has 2 aromatic rings. The lowest BCUT2D eigenvalue weighted by atomic mass is 9.96. The summed E-state index contributed by atoms with van der Waals surface area (Å²) in [6, 6.07) is 13.9. The van der Waals surface area contributed by atoms with Crippen molar-refractivity contribution in [1.29, 1.82) is 0 Å². The van der Waals surface area contributed by atoms with Gasteiger partial charge < -0.3 is 20.3 Å². The number of piperidine rings is 1. The van der Waals surface area contributed by atoms with Crippen molar-refractivity contribution in [3.05, 3.63) is 48.0 Å². The molecule has 8 nitrogen and oxygen atoms in total. The van der Waals surface area contributed by atoms with E-state index in [1.807, 2.05) is 24.5 Å². The molecule has 2 heterocycles. The van der Waals surface area contributed by atoms with Crippen LogP contribution in [0, 0.1) is 5.92 Å². The van der Waals surface area contributed by atoms with Gasteiger partial charge in [-0.15, -0.1) is 0 Å². The number of hydrogen-bond acceptors (Lipinski definition) is 7. The Bertz CT molecular complexity index is 1120. The van der Waals surface area contributed by atoms with E-state index in [-0.39, 0.29) is 30.3 Å². The van der Waals surface area contributed by atoms with Gasteiger partial charge in [0.15, 0.2) is 0 Å². The van der Waals surface area contributed by atoms with Gasteiger partial charge in [-0.25, -0.2) is 4.79 Å². The minimum Gasteiger partial charge on any atom is -0.467 e. The van der Waals surface area contributed by atoms with E-state index >= 15 is 0 Å². The average Bonchev–Trinajstić information content (AvgIpc) is 3.43. The molecule has 9 heteroatoms. The van der Waals surface area contributed by atoms with Gasteiger partial charge in [0.25, 0.3) is 0 Å². The van der Waals surface area contributed by atoms with Crippen molar-refractivity contribution < 1.29 is 19.1 Å². The van der Waals surface area contributed by atoms with Crippen LogP contribution in [0.3, 0.4) is 0 Å². The van der Waals surface area contributed by atoms with E-state index in [0.29, 0.717) is 19.5 Å². The summed E-state index contributed by atoms with van der Waals surface area (Å²) in [7, 11) is 1.35. The maximum atomic E-state index is 13.4. The fraction of sp³-hybridized carbons (Fsp3) is 0.567. The molecule has 2 N–H and O–H groups in total. The molecule has 2 saturated heterocycles. The van der Waals surface area contributed by atoms with Crippen molar-refractivity contribution in [1.82, 2.24) is 20.4 Å². The van der Waals surface area contributed by atoms with Crippen molar-refractivity contribution in [2.45, 2.75) is 50.7 Å². The summed E-state index contributed by atoms with van der Waals surface area (Å²) in [5, 5.41) is 8.58. The lowest BCUT2D eigenvalue weighted by Crippen LogP contribution is -2.50. The number of esters is 1. The largest absolute Gasteiger partial charge is 0.467 e. The van der Waals surface area contributed by atoms with E-state index in [4.69, 9.17) is 4.74 Å². The van der Waals surface area contributed by atoms with Crippen LogP contribution in [0.5, 0.6) is 0 Å². The topological polar surface area (TPSA) is 91.0 Å². The van der Waals surface area contributed by atoms with Gasteiger partial charge in [0.05, 0.1) is 13.7 Å². The Hall–Kier alpha value is -2.62. The van der Waals surface area contributed by atoms with Crippen LogP contribution in [0.1, 0.15) is 37.7 Å². The van der Waals surface area contributed by atoms with Crippen LogP contribution in [-0.2, 0) is 25.7 Å². The highest BCUT2D eigenvalue weighted by molar-refractivity contribution is 7.98. The van der Waals surface area contributed by atoms with Gasteiger partial charge in [-0.1, -0.05) is 42.5 Å². The average molecular weight is 555 g/mol. The molecule has 0 aromatic heterocycles. The zero-order valence-electron chi connectivity index (χ0n) is 23.2. The van der Waals surface area contributed by atoms with Crippen LogP contribution in [0.15, 0.2) is 42.5 Å². The molecule has 0 spiro atoms. The first kappa shape index (κ1) is 29.4. The molecule has 39 heavy (non-hydrogen) atoms. The number of nitrogens with one attached hydrogen (secondary N) is 2. The lowest BCUT2D eigenvalue weighted by molar-refractivity contribution is -0.145. The smallest absolute Gasteiger partial charge is 0.328 e. The summed E-state index contributed by atoms with van der Waals surface area (Å²) in [6.07, 6.45) is 6.17. The van der Waals surface area contributed by atoms with E-state index in [2.05, 4.69) is 44.7 Å². The molecule has 2 aliphatic heterocycles. The quantitative estimate of drug-likeness (QED) is 0.390. The van der Waals surface area contributed by atoms with Gasteiger partial charge >= 0.3 is 5.97 Å². The molecule has 1 unspecified atom stereocenters. The van der Waals surface area contributed by atoms with Crippen molar-refractivity contribution in [2.75, 3.05) is 51.8 Å². The van der Waals surface area contributed by atoms with Gasteiger partial charge in [0.2, 0.25) is 11.8 Å². The lowest BCUT2D eigenvalue weighted by Gasteiger charge is -2.34. The van der Waals surface area contributed by atoms with Crippen LogP contribution in [-0.4, -0.2) is 91.5 Å². The number of amides is 2. The Kier molecular flexibility index (Phi) is 11.1. The van der Waals surface area contributed by atoms with Crippen LogP contribution >= 0.6 is 11.8 Å². The Balaban J connectivity index is 1.51. The van der Waals surface area contributed by atoms with Gasteiger partial charge in [0.1, 0.15) is 6.04 Å². The first-order chi connectivity index (χ1) is 19.0. The summed E-state index contributed by atoms with van der Waals surface area (Å²) < 4.78 is 4.94. The van der Waals surface area contributed by atoms with Crippen LogP contribution in [0.25, 0.3) is 10.8 Å². The Morgan fingerprint density at radius 3 is 2.67 bits per heavy atom. The molecule has 212 valence electrons. The zero-order valence-corrected chi connectivity index (χ0v) is 24.0. The zero-order chi connectivity index (χ0) is 27.6. The number of ether oxygens (including phenoxy) is 1. The first-order valence-electron chi connectivity index (χ1n) is 14.1. The van der Waals surface area contributed by atoms with E-state index in [9.17, 15) is 14.4 Å². The molecule has 2 amide bonds. The number of nitrogens with zero attached hydrogens (tertiary/aromatic N) is 2. The number of methoxy groups -OCH3 is 1. The predicted molar refractivity (Wildman–Crippen MR) is 156 cm³/mol. The van der Waals surface area contributed by atoms with Gasteiger partial charge in [-0.05, 0) is 73.5 Å². The number of likely N-dealkylation sites (tertiary alicyclic amines) is 1. The maximum absolute atomic E-state index is 13.4. The number of carbonyl (C=O) groups excluding carboxylic acids is 3. The number of carbonyl (C=O) groups is 3. The number of rotatable bonds is 12. The molecule has 0 saturated carbocycles. The second kappa shape index (κ2) is 14.7. The summed E-state index contributed by atoms with van der Waals surface area (Å²) in [5.41, 5.74) is 1.14. The third-order valence-corrected chi connectivity index (χ3v) is 8.53. The molecular weight excluding hydrogens is 512 g/mol.